The van der Waals surface area contributed by atoms with Gasteiger partial charge in [0.15, 0.2) is 0 Å². The predicted octanol–water partition coefficient (Wildman–Crippen LogP) is 2.86. The fourth-order valence-corrected chi connectivity index (χ4v) is 1.72. The Morgan fingerprint density at radius 2 is 2.10 bits per heavy atom. The summed E-state index contributed by atoms with van der Waals surface area (Å²) in [6.45, 7) is 5.38. The molecule has 0 aliphatic rings. The molecule has 4 heteroatoms. The van der Waals surface area contributed by atoms with Crippen LogP contribution >= 0.6 is 0 Å². The van der Waals surface area contributed by atoms with Gasteiger partial charge < -0.3 is 15.2 Å². The van der Waals surface area contributed by atoms with E-state index in [-0.39, 0.29) is 5.75 Å². The number of phenolic OH excluding ortho intramolecular Hbond substituents is 1. The van der Waals surface area contributed by atoms with Crippen LogP contribution < -0.4 is 10.1 Å². The first-order chi connectivity index (χ1) is 9.63. The molecule has 0 fully saturated rings. The van der Waals surface area contributed by atoms with Gasteiger partial charge in [-0.25, -0.2) is 0 Å². The number of benzene rings is 1. The molecule has 2 N–H and O–H groups in total. The van der Waals surface area contributed by atoms with E-state index >= 15 is 0 Å². The van der Waals surface area contributed by atoms with Crippen molar-refractivity contribution in [3.8, 4) is 11.5 Å². The number of phenols is 1. The second-order valence-corrected chi connectivity index (χ2v) is 4.98. The average Bonchev–Trinajstić information content (AvgIpc) is 2.44. The fraction of sp³-hybridized carbons (Fsp3) is 0.312. The van der Waals surface area contributed by atoms with Crippen molar-refractivity contribution in [3.05, 3.63) is 53.9 Å². The fourth-order valence-electron chi connectivity index (χ4n) is 1.72. The molecule has 0 unspecified atom stereocenters. The molecule has 2 aromatic rings. The standard InChI is InChI=1S/C16H20N2O2/c1-12(2)17-9-14-6-7-16(10-18-14)20-11-13-4-3-5-15(19)8-13/h3-8,10,12,17,19H,9,11H2,1-2H3. The molecule has 4 nitrogen and oxygen atoms in total. The molecule has 20 heavy (non-hydrogen) atoms. The lowest BCUT2D eigenvalue weighted by Gasteiger charge is -2.09. The third-order valence-corrected chi connectivity index (χ3v) is 2.81. The molecular weight excluding hydrogens is 252 g/mol. The van der Waals surface area contributed by atoms with E-state index in [0.29, 0.717) is 12.6 Å². The topological polar surface area (TPSA) is 54.4 Å². The van der Waals surface area contributed by atoms with E-state index in [1.807, 2.05) is 18.2 Å². The van der Waals surface area contributed by atoms with Crippen molar-refractivity contribution in [2.24, 2.45) is 0 Å². The first kappa shape index (κ1) is 14.3. The number of ether oxygens (including phenoxy) is 1. The molecule has 1 heterocycles. The molecule has 0 saturated carbocycles. The summed E-state index contributed by atoms with van der Waals surface area (Å²) in [5.74, 6) is 0.973. The minimum absolute atomic E-state index is 0.249. The summed E-state index contributed by atoms with van der Waals surface area (Å²) in [6, 6.07) is 11.3. The van der Waals surface area contributed by atoms with Gasteiger partial charge in [-0.3, -0.25) is 4.98 Å². The van der Waals surface area contributed by atoms with Crippen LogP contribution in [0.1, 0.15) is 25.1 Å². The van der Waals surface area contributed by atoms with Gasteiger partial charge in [0.2, 0.25) is 0 Å². The number of pyridine rings is 1. The minimum Gasteiger partial charge on any atom is -0.508 e. The highest BCUT2D eigenvalue weighted by atomic mass is 16.5. The van der Waals surface area contributed by atoms with Crippen molar-refractivity contribution in [1.29, 1.82) is 0 Å². The van der Waals surface area contributed by atoms with E-state index in [1.165, 1.54) is 0 Å². The summed E-state index contributed by atoms with van der Waals surface area (Å²) in [4.78, 5) is 4.34. The zero-order valence-corrected chi connectivity index (χ0v) is 11.8. The Morgan fingerprint density at radius 3 is 2.75 bits per heavy atom. The van der Waals surface area contributed by atoms with E-state index in [0.717, 1.165) is 23.6 Å². The van der Waals surface area contributed by atoms with Gasteiger partial charge in [-0.15, -0.1) is 0 Å². The molecule has 0 saturated heterocycles. The SMILES string of the molecule is CC(C)NCc1ccc(OCc2cccc(O)c2)cn1. The molecule has 1 aromatic carbocycles. The Hall–Kier alpha value is -2.07. The lowest BCUT2D eigenvalue weighted by atomic mass is 10.2. The molecule has 0 spiro atoms. The van der Waals surface area contributed by atoms with Gasteiger partial charge in [0.05, 0.1) is 11.9 Å². The summed E-state index contributed by atoms with van der Waals surface area (Å²) in [6.07, 6.45) is 1.72. The van der Waals surface area contributed by atoms with E-state index in [9.17, 15) is 5.11 Å². The maximum absolute atomic E-state index is 9.38. The van der Waals surface area contributed by atoms with Gasteiger partial charge in [0.25, 0.3) is 0 Å². The summed E-state index contributed by atoms with van der Waals surface area (Å²) in [5, 5.41) is 12.7. The Kier molecular flexibility index (Phi) is 4.96. The first-order valence-electron chi connectivity index (χ1n) is 6.72. The summed E-state index contributed by atoms with van der Waals surface area (Å²) >= 11 is 0. The first-order valence-corrected chi connectivity index (χ1v) is 6.72. The number of hydrogen-bond acceptors (Lipinski definition) is 4. The second-order valence-electron chi connectivity index (χ2n) is 4.98. The minimum atomic E-state index is 0.249. The predicted molar refractivity (Wildman–Crippen MR) is 78.7 cm³/mol. The normalized spacial score (nSPS) is 10.8. The number of rotatable bonds is 6. The van der Waals surface area contributed by atoms with Crippen LogP contribution in [-0.2, 0) is 13.2 Å². The van der Waals surface area contributed by atoms with Crippen molar-refractivity contribution < 1.29 is 9.84 Å². The lowest BCUT2D eigenvalue weighted by molar-refractivity contribution is 0.304. The lowest BCUT2D eigenvalue weighted by Crippen LogP contribution is -2.22. The number of aromatic hydroxyl groups is 1. The van der Waals surface area contributed by atoms with Gasteiger partial charge in [-0.05, 0) is 29.8 Å². The smallest absolute Gasteiger partial charge is 0.138 e. The van der Waals surface area contributed by atoms with E-state index in [4.69, 9.17) is 4.74 Å². The maximum atomic E-state index is 9.38. The third kappa shape index (κ3) is 4.55. The molecule has 0 aliphatic carbocycles. The molecule has 0 atom stereocenters. The maximum Gasteiger partial charge on any atom is 0.138 e. The van der Waals surface area contributed by atoms with Crippen LogP contribution in [0, 0.1) is 0 Å². The quantitative estimate of drug-likeness (QED) is 0.849. The Labute approximate surface area is 119 Å². The van der Waals surface area contributed by atoms with Crippen LogP contribution in [0.5, 0.6) is 11.5 Å². The van der Waals surface area contributed by atoms with Crippen LogP contribution in [0.3, 0.4) is 0 Å². The number of nitrogens with zero attached hydrogens (tertiary/aromatic N) is 1. The monoisotopic (exact) mass is 272 g/mol. The van der Waals surface area contributed by atoms with Crippen molar-refractivity contribution in [1.82, 2.24) is 10.3 Å². The highest BCUT2D eigenvalue weighted by molar-refractivity contribution is 5.27. The van der Waals surface area contributed by atoms with Gasteiger partial charge in [0.1, 0.15) is 18.1 Å². The zero-order valence-electron chi connectivity index (χ0n) is 11.8. The summed E-state index contributed by atoms with van der Waals surface area (Å²) in [7, 11) is 0. The molecule has 0 aliphatic heterocycles. The highest BCUT2D eigenvalue weighted by Crippen LogP contribution is 2.15. The van der Waals surface area contributed by atoms with Crippen LogP contribution in [0.25, 0.3) is 0 Å². The number of aromatic nitrogens is 1. The largest absolute Gasteiger partial charge is 0.508 e. The van der Waals surface area contributed by atoms with E-state index in [2.05, 4.69) is 24.1 Å². The van der Waals surface area contributed by atoms with Gasteiger partial charge in [-0.2, -0.15) is 0 Å². The van der Waals surface area contributed by atoms with Crippen molar-refractivity contribution in [2.75, 3.05) is 0 Å². The van der Waals surface area contributed by atoms with Crippen LogP contribution in [0.4, 0.5) is 0 Å². The highest BCUT2D eigenvalue weighted by Gasteiger charge is 2.00. The van der Waals surface area contributed by atoms with Crippen molar-refractivity contribution in [2.45, 2.75) is 33.0 Å². The Bertz CT molecular complexity index is 538. The molecule has 2 rings (SSSR count). The van der Waals surface area contributed by atoms with Crippen molar-refractivity contribution >= 4 is 0 Å². The van der Waals surface area contributed by atoms with Gasteiger partial charge >= 0.3 is 0 Å². The molecular formula is C16H20N2O2. The van der Waals surface area contributed by atoms with Crippen molar-refractivity contribution in [3.63, 3.8) is 0 Å². The second kappa shape index (κ2) is 6.91. The Balaban J connectivity index is 1.87. The molecule has 1 aromatic heterocycles. The van der Waals surface area contributed by atoms with Crippen LogP contribution in [0.15, 0.2) is 42.6 Å². The summed E-state index contributed by atoms with van der Waals surface area (Å²) in [5.41, 5.74) is 1.92. The molecule has 0 bridgehead atoms. The van der Waals surface area contributed by atoms with Crippen LogP contribution in [-0.4, -0.2) is 16.1 Å². The van der Waals surface area contributed by atoms with Gasteiger partial charge in [0, 0.05) is 12.6 Å². The average molecular weight is 272 g/mol. The summed E-state index contributed by atoms with van der Waals surface area (Å²) < 4.78 is 5.63. The Morgan fingerprint density at radius 1 is 1.25 bits per heavy atom. The number of nitrogens with one attached hydrogen (secondary N) is 1. The van der Waals surface area contributed by atoms with Gasteiger partial charge in [-0.1, -0.05) is 26.0 Å². The molecule has 0 amide bonds. The molecule has 0 radical (unpaired) electrons. The zero-order chi connectivity index (χ0) is 14.4. The number of hydrogen-bond donors (Lipinski definition) is 2. The van der Waals surface area contributed by atoms with Crippen LogP contribution in [0.2, 0.25) is 0 Å². The molecule has 106 valence electrons. The third-order valence-electron chi connectivity index (χ3n) is 2.81. The van der Waals surface area contributed by atoms with E-state index < -0.39 is 0 Å². The van der Waals surface area contributed by atoms with E-state index in [1.54, 1.807) is 24.4 Å².